The Morgan fingerprint density at radius 2 is 1.57 bits per heavy atom. The molecule has 2 aromatic carbocycles. The third-order valence-corrected chi connectivity index (χ3v) is 6.91. The van der Waals surface area contributed by atoms with Crippen LogP contribution in [0.1, 0.15) is 42.9 Å². The van der Waals surface area contributed by atoms with Crippen molar-refractivity contribution in [3.8, 4) is 0 Å². The number of nitrogens with zero attached hydrogens (tertiary/aromatic N) is 1. The summed E-state index contributed by atoms with van der Waals surface area (Å²) in [6.45, 7) is 1.97. The maximum Gasteiger partial charge on any atom is 0.435 e. The van der Waals surface area contributed by atoms with E-state index in [9.17, 15) is 17.6 Å². The van der Waals surface area contributed by atoms with Crippen LogP contribution >= 0.6 is 34.8 Å². The maximum absolute atomic E-state index is 14.8. The first-order chi connectivity index (χ1) is 13.9. The highest BCUT2D eigenvalue weighted by atomic mass is 35.5. The molecule has 1 unspecified atom stereocenters. The SMILES string of the molecule is CC1CC(F)(c2ccc(C3=NOC(c4cc(Cl)c(Cl)c(Cl)c4)(C(F)(F)F)C3)cc2)C1. The number of hydrogen-bond donors (Lipinski definition) is 0. The van der Waals surface area contributed by atoms with Crippen LogP contribution in [0.4, 0.5) is 17.6 Å². The second kappa shape index (κ2) is 7.28. The van der Waals surface area contributed by atoms with Crippen LogP contribution in [0.25, 0.3) is 0 Å². The van der Waals surface area contributed by atoms with Gasteiger partial charge in [0.25, 0.3) is 5.60 Å². The fourth-order valence-corrected chi connectivity index (χ4v) is 4.69. The van der Waals surface area contributed by atoms with Crippen LogP contribution in [0, 0.1) is 5.92 Å². The van der Waals surface area contributed by atoms with E-state index >= 15 is 0 Å². The van der Waals surface area contributed by atoms with Gasteiger partial charge in [-0.2, -0.15) is 13.2 Å². The summed E-state index contributed by atoms with van der Waals surface area (Å²) in [6, 6.07) is 8.47. The molecule has 2 nitrogen and oxygen atoms in total. The van der Waals surface area contributed by atoms with E-state index in [0.29, 0.717) is 29.9 Å². The topological polar surface area (TPSA) is 21.6 Å². The van der Waals surface area contributed by atoms with E-state index in [1.54, 1.807) is 24.3 Å². The minimum Gasteiger partial charge on any atom is -0.374 e. The van der Waals surface area contributed by atoms with E-state index in [-0.39, 0.29) is 26.3 Å². The van der Waals surface area contributed by atoms with Gasteiger partial charge in [0.05, 0.1) is 20.8 Å². The van der Waals surface area contributed by atoms with Gasteiger partial charge in [0.1, 0.15) is 5.67 Å². The van der Waals surface area contributed by atoms with Gasteiger partial charge >= 0.3 is 6.18 Å². The van der Waals surface area contributed by atoms with Crippen molar-refractivity contribution in [1.82, 2.24) is 0 Å². The zero-order valence-electron chi connectivity index (χ0n) is 15.7. The molecule has 30 heavy (non-hydrogen) atoms. The zero-order valence-corrected chi connectivity index (χ0v) is 17.9. The Labute approximate surface area is 185 Å². The van der Waals surface area contributed by atoms with Gasteiger partial charge < -0.3 is 4.84 Å². The molecule has 1 aliphatic heterocycles. The molecular formula is C21H16Cl3F4NO. The molecule has 0 bridgehead atoms. The number of hydrogen-bond acceptors (Lipinski definition) is 2. The van der Waals surface area contributed by atoms with Crippen molar-refractivity contribution in [1.29, 1.82) is 0 Å². The van der Waals surface area contributed by atoms with E-state index in [0.717, 1.165) is 12.1 Å². The summed E-state index contributed by atoms with van der Waals surface area (Å²) >= 11 is 17.8. The zero-order chi connectivity index (χ0) is 21.9. The monoisotopic (exact) mass is 479 g/mol. The Balaban J connectivity index is 1.64. The largest absolute Gasteiger partial charge is 0.435 e. The predicted molar refractivity (Wildman–Crippen MR) is 109 cm³/mol. The summed E-state index contributed by atoms with van der Waals surface area (Å²) in [5.41, 5.74) is -3.39. The summed E-state index contributed by atoms with van der Waals surface area (Å²) in [4.78, 5) is 4.98. The van der Waals surface area contributed by atoms with Crippen molar-refractivity contribution in [3.63, 3.8) is 0 Å². The fourth-order valence-electron chi connectivity index (χ4n) is 4.09. The lowest BCUT2D eigenvalue weighted by molar-refractivity contribution is -0.275. The molecule has 2 aliphatic rings. The van der Waals surface area contributed by atoms with Gasteiger partial charge in [-0.1, -0.05) is 71.1 Å². The quantitative estimate of drug-likeness (QED) is 0.324. The van der Waals surface area contributed by atoms with Crippen molar-refractivity contribution < 1.29 is 22.4 Å². The summed E-state index contributed by atoms with van der Waals surface area (Å²) < 4.78 is 57.1. The highest BCUT2D eigenvalue weighted by molar-refractivity contribution is 6.48. The molecule has 0 saturated heterocycles. The van der Waals surface area contributed by atoms with Crippen LogP contribution in [0.15, 0.2) is 41.6 Å². The molecule has 160 valence electrons. The summed E-state index contributed by atoms with van der Waals surface area (Å²) in [6.07, 6.45) is -4.51. The molecule has 1 aliphatic carbocycles. The van der Waals surface area contributed by atoms with Gasteiger partial charge in [-0.15, -0.1) is 0 Å². The van der Waals surface area contributed by atoms with Gasteiger partial charge in [0.15, 0.2) is 0 Å². The van der Waals surface area contributed by atoms with E-state index in [2.05, 4.69) is 5.16 Å². The Hall–Kier alpha value is -1.50. The van der Waals surface area contributed by atoms with Crippen LogP contribution in [-0.2, 0) is 16.1 Å². The standard InChI is InChI=1S/C21H16Cl3F4NO/c1-11-8-19(25,9-11)13-4-2-12(3-5-13)17-10-20(30-29-17,21(26,27)28)14-6-15(22)18(24)16(23)7-14/h2-7,11H,8-10H2,1H3. The van der Waals surface area contributed by atoms with Gasteiger partial charge in [-0.3, -0.25) is 0 Å². The van der Waals surface area contributed by atoms with Crippen LogP contribution in [0.5, 0.6) is 0 Å². The minimum absolute atomic E-state index is 0.0420. The normalized spacial score (nSPS) is 28.7. The molecule has 1 saturated carbocycles. The third kappa shape index (κ3) is 3.47. The lowest BCUT2D eigenvalue weighted by Crippen LogP contribution is -2.42. The average Bonchev–Trinajstić information content (AvgIpc) is 3.11. The third-order valence-electron chi connectivity index (χ3n) is 5.72. The molecule has 0 aromatic heterocycles. The fraction of sp³-hybridized carbons (Fsp3) is 0.381. The molecule has 0 amide bonds. The molecule has 0 radical (unpaired) electrons. The minimum atomic E-state index is -4.80. The molecule has 9 heteroatoms. The Morgan fingerprint density at radius 3 is 2.07 bits per heavy atom. The van der Waals surface area contributed by atoms with Crippen LogP contribution in [-0.4, -0.2) is 11.9 Å². The van der Waals surface area contributed by atoms with Crippen LogP contribution < -0.4 is 0 Å². The lowest BCUT2D eigenvalue weighted by atomic mass is 9.69. The van der Waals surface area contributed by atoms with E-state index in [1.807, 2.05) is 6.92 Å². The number of oxime groups is 1. The van der Waals surface area contributed by atoms with E-state index in [1.165, 1.54) is 0 Å². The summed E-state index contributed by atoms with van der Waals surface area (Å²) in [5.74, 6) is 0.313. The summed E-state index contributed by atoms with van der Waals surface area (Å²) in [5, 5.41) is 3.43. The molecular weight excluding hydrogens is 465 g/mol. The highest BCUT2D eigenvalue weighted by Crippen LogP contribution is 2.51. The molecule has 0 spiro atoms. The van der Waals surface area contributed by atoms with E-state index < -0.39 is 23.9 Å². The lowest BCUT2D eigenvalue weighted by Gasteiger charge is -2.40. The molecule has 0 N–H and O–H groups in total. The van der Waals surface area contributed by atoms with Crippen molar-refractivity contribution >= 4 is 40.5 Å². The molecule has 4 rings (SSSR count). The van der Waals surface area contributed by atoms with Crippen LogP contribution in [0.3, 0.4) is 0 Å². The van der Waals surface area contributed by atoms with E-state index in [4.69, 9.17) is 39.6 Å². The predicted octanol–water partition coefficient (Wildman–Crippen LogP) is 7.82. The average molecular weight is 481 g/mol. The second-order valence-electron chi connectivity index (χ2n) is 7.94. The van der Waals surface area contributed by atoms with Crippen molar-refractivity contribution in [2.75, 3.05) is 0 Å². The molecule has 1 heterocycles. The first-order valence-corrected chi connectivity index (χ1v) is 10.4. The molecule has 2 aromatic rings. The number of rotatable bonds is 3. The number of benzene rings is 2. The first kappa shape index (κ1) is 21.7. The number of alkyl halides is 4. The van der Waals surface area contributed by atoms with Crippen LogP contribution in [0.2, 0.25) is 15.1 Å². The molecule has 1 atom stereocenters. The Kier molecular flexibility index (Phi) is 5.27. The first-order valence-electron chi connectivity index (χ1n) is 9.22. The number of halogens is 7. The van der Waals surface area contributed by atoms with Gasteiger partial charge in [-0.05, 0) is 42.0 Å². The van der Waals surface area contributed by atoms with Crippen molar-refractivity contribution in [3.05, 3.63) is 68.2 Å². The highest BCUT2D eigenvalue weighted by Gasteiger charge is 2.62. The Bertz CT molecular complexity index is 993. The maximum atomic E-state index is 14.8. The van der Waals surface area contributed by atoms with Crippen molar-refractivity contribution in [2.45, 2.75) is 43.6 Å². The Morgan fingerprint density at radius 1 is 1.00 bits per heavy atom. The smallest absolute Gasteiger partial charge is 0.374 e. The van der Waals surface area contributed by atoms with Crippen molar-refractivity contribution in [2.24, 2.45) is 11.1 Å². The second-order valence-corrected chi connectivity index (χ2v) is 9.13. The van der Waals surface area contributed by atoms with Gasteiger partial charge in [0, 0.05) is 12.0 Å². The van der Waals surface area contributed by atoms with Gasteiger partial charge in [-0.25, -0.2) is 4.39 Å². The summed E-state index contributed by atoms with van der Waals surface area (Å²) in [7, 11) is 0. The van der Waals surface area contributed by atoms with Gasteiger partial charge in [0.2, 0.25) is 0 Å². The molecule has 1 fully saturated rings.